The zero-order valence-corrected chi connectivity index (χ0v) is 10.9. The van der Waals surface area contributed by atoms with Gasteiger partial charge in [-0.15, -0.1) is 0 Å². The third kappa shape index (κ3) is 2.48. The number of aromatic nitrogens is 1. The molecule has 1 aromatic heterocycles. The highest BCUT2D eigenvalue weighted by Crippen LogP contribution is 2.38. The number of ether oxygens (including phenoxy) is 2. The van der Waals surface area contributed by atoms with Gasteiger partial charge in [0.25, 0.3) is 0 Å². The maximum atomic E-state index is 10.8. The lowest BCUT2D eigenvalue weighted by atomic mass is 10.1. The zero-order chi connectivity index (χ0) is 14.0. The number of nitrogens with zero attached hydrogens (tertiary/aromatic N) is 1. The maximum absolute atomic E-state index is 10.8. The number of carbonyl (C=O) groups is 1. The number of hydrogen-bond acceptors (Lipinski definition) is 5. The largest absolute Gasteiger partial charge is 0.496 e. The molecule has 0 radical (unpaired) electrons. The summed E-state index contributed by atoms with van der Waals surface area (Å²) in [6, 6.07) is 4.46. The van der Waals surface area contributed by atoms with Gasteiger partial charge in [0.1, 0.15) is 17.2 Å². The number of rotatable bonds is 4. The Labute approximate surface area is 113 Å². The van der Waals surface area contributed by atoms with Crippen molar-refractivity contribution in [3.63, 3.8) is 0 Å². The Bertz CT molecular complexity index is 623. The Morgan fingerprint density at radius 1 is 1.26 bits per heavy atom. The Kier molecular flexibility index (Phi) is 3.62. The fourth-order valence-corrected chi connectivity index (χ4v) is 1.80. The molecule has 0 fully saturated rings. The molecule has 2 aromatic rings. The molecule has 2 rings (SSSR count). The molecule has 0 atom stereocenters. The Morgan fingerprint density at radius 2 is 1.95 bits per heavy atom. The second-order valence-electron chi connectivity index (χ2n) is 3.57. The van der Waals surface area contributed by atoms with E-state index in [1.54, 1.807) is 12.1 Å². The van der Waals surface area contributed by atoms with Crippen molar-refractivity contribution in [3.8, 4) is 22.8 Å². The molecule has 0 unspecified atom stereocenters. The molecule has 0 bridgehead atoms. The van der Waals surface area contributed by atoms with E-state index in [4.69, 9.17) is 30.7 Å². The smallest absolute Gasteiger partial charge is 0.374 e. The van der Waals surface area contributed by atoms with Crippen LogP contribution in [0.15, 0.2) is 22.7 Å². The lowest BCUT2D eigenvalue weighted by Gasteiger charge is -2.09. The standard InChI is InChI=1S/C12H10ClNO5/c1-17-9-5-10(18-2)7(13)3-6(9)8-4-11(12(15)16)19-14-8/h3-5H,1-2H3,(H,15,16). The zero-order valence-electron chi connectivity index (χ0n) is 10.1. The Balaban J connectivity index is 2.53. The molecular weight excluding hydrogens is 274 g/mol. The van der Waals surface area contributed by atoms with E-state index in [9.17, 15) is 4.79 Å². The van der Waals surface area contributed by atoms with Gasteiger partial charge in [-0.2, -0.15) is 0 Å². The van der Waals surface area contributed by atoms with Crippen LogP contribution in [0, 0.1) is 0 Å². The Hall–Kier alpha value is -2.21. The normalized spacial score (nSPS) is 10.3. The lowest BCUT2D eigenvalue weighted by Crippen LogP contribution is -1.92. The summed E-state index contributed by atoms with van der Waals surface area (Å²) in [6.07, 6.45) is 0. The molecule has 19 heavy (non-hydrogen) atoms. The Morgan fingerprint density at radius 3 is 2.47 bits per heavy atom. The van der Waals surface area contributed by atoms with E-state index in [0.717, 1.165) is 0 Å². The molecule has 7 heteroatoms. The molecule has 0 aliphatic heterocycles. The first-order valence-electron chi connectivity index (χ1n) is 5.18. The first-order chi connectivity index (χ1) is 9.06. The average Bonchev–Trinajstić information content (AvgIpc) is 2.88. The van der Waals surface area contributed by atoms with Crippen molar-refractivity contribution < 1.29 is 23.9 Å². The minimum Gasteiger partial charge on any atom is -0.496 e. The summed E-state index contributed by atoms with van der Waals surface area (Å²) in [6.45, 7) is 0. The van der Waals surface area contributed by atoms with Crippen molar-refractivity contribution in [3.05, 3.63) is 29.0 Å². The molecule has 6 nitrogen and oxygen atoms in total. The molecule has 0 saturated heterocycles. The molecule has 1 heterocycles. The van der Waals surface area contributed by atoms with Crippen molar-refractivity contribution >= 4 is 17.6 Å². The van der Waals surface area contributed by atoms with Crippen molar-refractivity contribution in [2.75, 3.05) is 14.2 Å². The molecular formula is C12H10ClNO5. The quantitative estimate of drug-likeness (QED) is 0.929. The molecule has 1 N–H and O–H groups in total. The SMILES string of the molecule is COc1cc(OC)c(-c2cc(C(=O)O)on2)cc1Cl. The monoisotopic (exact) mass is 283 g/mol. The van der Waals surface area contributed by atoms with Crippen LogP contribution in [-0.4, -0.2) is 30.5 Å². The molecule has 1 aromatic carbocycles. The van der Waals surface area contributed by atoms with Gasteiger partial charge in [0, 0.05) is 17.7 Å². The van der Waals surface area contributed by atoms with Crippen LogP contribution in [-0.2, 0) is 0 Å². The second-order valence-corrected chi connectivity index (χ2v) is 3.98. The summed E-state index contributed by atoms with van der Waals surface area (Å²) in [4.78, 5) is 10.8. The van der Waals surface area contributed by atoms with E-state index in [-0.39, 0.29) is 5.76 Å². The maximum Gasteiger partial charge on any atom is 0.374 e. The number of hydrogen-bond donors (Lipinski definition) is 1. The number of carboxylic acids is 1. The van der Waals surface area contributed by atoms with Crippen LogP contribution in [0.5, 0.6) is 11.5 Å². The highest BCUT2D eigenvalue weighted by atomic mass is 35.5. The highest BCUT2D eigenvalue weighted by molar-refractivity contribution is 6.32. The number of benzene rings is 1. The second kappa shape index (κ2) is 5.19. The molecule has 100 valence electrons. The van der Waals surface area contributed by atoms with Crippen LogP contribution in [0.25, 0.3) is 11.3 Å². The minimum atomic E-state index is -1.20. The van der Waals surface area contributed by atoms with Gasteiger partial charge in [-0.25, -0.2) is 4.79 Å². The number of halogens is 1. The fourth-order valence-electron chi connectivity index (χ4n) is 1.56. The van der Waals surface area contributed by atoms with E-state index in [1.807, 2.05) is 0 Å². The van der Waals surface area contributed by atoms with Crippen LogP contribution in [0.2, 0.25) is 5.02 Å². The molecule has 0 saturated carbocycles. The van der Waals surface area contributed by atoms with Crippen LogP contribution >= 0.6 is 11.6 Å². The van der Waals surface area contributed by atoms with Crippen molar-refractivity contribution in [1.29, 1.82) is 0 Å². The number of carboxylic acid groups (broad SMARTS) is 1. The molecule has 0 amide bonds. The summed E-state index contributed by atoms with van der Waals surface area (Å²) < 4.78 is 15.0. The molecule has 0 spiro atoms. The van der Waals surface area contributed by atoms with Gasteiger partial charge in [-0.05, 0) is 6.07 Å². The number of aromatic carboxylic acids is 1. The van der Waals surface area contributed by atoms with Crippen LogP contribution in [0.4, 0.5) is 0 Å². The summed E-state index contributed by atoms with van der Waals surface area (Å²) in [7, 11) is 2.96. The summed E-state index contributed by atoms with van der Waals surface area (Å²) >= 11 is 6.02. The predicted molar refractivity (Wildman–Crippen MR) is 67.0 cm³/mol. The number of methoxy groups -OCH3 is 2. The van der Waals surface area contributed by atoms with E-state index < -0.39 is 5.97 Å². The van der Waals surface area contributed by atoms with E-state index in [2.05, 4.69) is 5.16 Å². The van der Waals surface area contributed by atoms with E-state index in [0.29, 0.717) is 27.8 Å². The van der Waals surface area contributed by atoms with Gasteiger partial charge in [0.05, 0.1) is 19.2 Å². The van der Waals surface area contributed by atoms with Crippen LogP contribution in [0.3, 0.4) is 0 Å². The lowest BCUT2D eigenvalue weighted by molar-refractivity contribution is 0.0652. The summed E-state index contributed by atoms with van der Waals surface area (Å²) in [5.41, 5.74) is 0.836. The van der Waals surface area contributed by atoms with Gasteiger partial charge < -0.3 is 19.1 Å². The third-order valence-corrected chi connectivity index (χ3v) is 2.77. The highest BCUT2D eigenvalue weighted by Gasteiger charge is 2.17. The topological polar surface area (TPSA) is 81.8 Å². The average molecular weight is 284 g/mol. The van der Waals surface area contributed by atoms with Gasteiger partial charge in [0.15, 0.2) is 0 Å². The first kappa shape index (κ1) is 13.2. The molecule has 0 aliphatic carbocycles. The van der Waals surface area contributed by atoms with Gasteiger partial charge in [-0.3, -0.25) is 0 Å². The third-order valence-electron chi connectivity index (χ3n) is 2.47. The van der Waals surface area contributed by atoms with Crippen LogP contribution < -0.4 is 9.47 Å². The minimum absolute atomic E-state index is 0.260. The fraction of sp³-hybridized carbons (Fsp3) is 0.167. The summed E-state index contributed by atoms with van der Waals surface area (Å²) in [5, 5.41) is 12.8. The molecule has 0 aliphatic rings. The van der Waals surface area contributed by atoms with Crippen molar-refractivity contribution in [2.45, 2.75) is 0 Å². The predicted octanol–water partition coefficient (Wildman–Crippen LogP) is 2.71. The van der Waals surface area contributed by atoms with Gasteiger partial charge >= 0.3 is 5.97 Å². The van der Waals surface area contributed by atoms with E-state index >= 15 is 0 Å². The van der Waals surface area contributed by atoms with Gasteiger partial charge in [-0.1, -0.05) is 16.8 Å². The van der Waals surface area contributed by atoms with Crippen LogP contribution in [0.1, 0.15) is 10.6 Å². The van der Waals surface area contributed by atoms with Crippen molar-refractivity contribution in [1.82, 2.24) is 5.16 Å². The first-order valence-corrected chi connectivity index (χ1v) is 5.56. The van der Waals surface area contributed by atoms with E-state index in [1.165, 1.54) is 20.3 Å². The van der Waals surface area contributed by atoms with Gasteiger partial charge in [0.2, 0.25) is 5.76 Å². The van der Waals surface area contributed by atoms with Crippen molar-refractivity contribution in [2.24, 2.45) is 0 Å². The summed E-state index contributed by atoms with van der Waals surface area (Å²) in [5.74, 6) is -0.558.